The van der Waals surface area contributed by atoms with Crippen LogP contribution in [0.5, 0.6) is 5.75 Å². The number of nitrogens with one attached hydrogen (secondary N) is 2. The Hall–Kier alpha value is -4.21. The molecule has 0 bridgehead atoms. The van der Waals surface area contributed by atoms with Crippen molar-refractivity contribution in [3.8, 4) is 16.9 Å². The molecule has 7 nitrogen and oxygen atoms in total. The van der Waals surface area contributed by atoms with Gasteiger partial charge in [-0.05, 0) is 37.1 Å². The molecule has 0 amide bonds. The molecule has 3 aromatic heterocycles. The normalized spacial score (nSPS) is 12.0. The van der Waals surface area contributed by atoms with Crippen LogP contribution in [-0.4, -0.2) is 43.6 Å². The van der Waals surface area contributed by atoms with Gasteiger partial charge in [0.15, 0.2) is 0 Å². The van der Waals surface area contributed by atoms with E-state index in [0.717, 1.165) is 16.7 Å². The molecule has 0 aliphatic carbocycles. The lowest BCUT2D eigenvalue weighted by atomic mass is 10.0. The molecule has 5 N–H and O–H groups in total. The lowest BCUT2D eigenvalue weighted by Gasteiger charge is -2.03. The highest BCUT2D eigenvalue weighted by Gasteiger charge is 2.30. The molecule has 9 heteroatoms. The second kappa shape index (κ2) is 9.10. The van der Waals surface area contributed by atoms with Crippen molar-refractivity contribution in [3.05, 3.63) is 87.1 Å². The topological polar surface area (TPSA) is 126 Å². The van der Waals surface area contributed by atoms with Gasteiger partial charge >= 0.3 is 5.97 Å². The summed E-state index contributed by atoms with van der Waals surface area (Å²) in [4.78, 5) is 31.4. The summed E-state index contributed by atoms with van der Waals surface area (Å²) in [6.45, 7) is 1.78. The molecule has 0 saturated carbocycles. The highest BCUT2D eigenvalue weighted by molar-refractivity contribution is 7.17. The standard InChI is InChI=1S/C27H21FN2O5S/c1-13(12-31)5-6-14-3-2-4-17-19(11-30-22(14)17)23(32)26-24(33)21(25(36-26)27(34)35)18-10-29-20-9-15(28)7-8-16(18)20/h2-5,7-11,29-31,33H,6,12H2,1H3,(H,34,35)/b13-5-. The number of aliphatic hydroxyl groups excluding tert-OH is 1. The fourth-order valence-corrected chi connectivity index (χ4v) is 5.33. The van der Waals surface area contributed by atoms with Crippen LogP contribution in [0.4, 0.5) is 4.39 Å². The minimum absolute atomic E-state index is 0.0128. The molecule has 3 heterocycles. The molecule has 0 saturated heterocycles. The van der Waals surface area contributed by atoms with Crippen molar-refractivity contribution in [1.82, 2.24) is 9.97 Å². The predicted molar refractivity (Wildman–Crippen MR) is 136 cm³/mol. The number of allylic oxidation sites excluding steroid dienone is 1. The molecular formula is C27H21FN2O5S. The SMILES string of the molecule is C/C(=C/Cc1cccc2c(C(=O)c3sc(C(=O)O)c(-c4c[nH]c5cc(F)ccc45)c3O)c[nH]c12)CO. The molecule has 0 atom stereocenters. The first-order chi connectivity index (χ1) is 17.3. The Balaban J connectivity index is 1.62. The zero-order valence-corrected chi connectivity index (χ0v) is 19.9. The van der Waals surface area contributed by atoms with Crippen LogP contribution in [0.2, 0.25) is 0 Å². The molecule has 182 valence electrons. The first-order valence-corrected chi connectivity index (χ1v) is 11.9. The Kier molecular flexibility index (Phi) is 5.95. The Morgan fingerprint density at radius 1 is 1.08 bits per heavy atom. The van der Waals surface area contributed by atoms with Crippen molar-refractivity contribution in [2.75, 3.05) is 6.61 Å². The molecule has 5 rings (SSSR count). The van der Waals surface area contributed by atoms with Gasteiger partial charge in [-0.25, -0.2) is 9.18 Å². The van der Waals surface area contributed by atoms with Crippen LogP contribution in [0.25, 0.3) is 32.9 Å². The van der Waals surface area contributed by atoms with Crippen molar-refractivity contribution in [2.45, 2.75) is 13.3 Å². The largest absolute Gasteiger partial charge is 0.506 e. The maximum Gasteiger partial charge on any atom is 0.346 e. The van der Waals surface area contributed by atoms with Gasteiger partial charge in [-0.15, -0.1) is 11.3 Å². The predicted octanol–water partition coefficient (Wildman–Crippen LogP) is 5.63. The van der Waals surface area contributed by atoms with E-state index in [1.807, 2.05) is 25.1 Å². The highest BCUT2D eigenvalue weighted by atomic mass is 32.1. The number of carbonyl (C=O) groups is 2. The molecule has 0 aliphatic rings. The maximum absolute atomic E-state index is 13.6. The van der Waals surface area contributed by atoms with Crippen LogP contribution in [0.15, 0.2) is 60.4 Å². The third-order valence-electron chi connectivity index (χ3n) is 6.16. The molecule has 5 aromatic rings. The fraction of sp³-hybridized carbons (Fsp3) is 0.111. The van der Waals surface area contributed by atoms with Crippen LogP contribution < -0.4 is 0 Å². The monoisotopic (exact) mass is 504 g/mol. The van der Waals surface area contributed by atoms with Crippen molar-refractivity contribution in [1.29, 1.82) is 0 Å². The highest BCUT2D eigenvalue weighted by Crippen LogP contribution is 2.45. The third kappa shape index (κ3) is 3.88. The number of thiophene rings is 1. The number of carbonyl (C=O) groups excluding carboxylic acids is 1. The second-order valence-corrected chi connectivity index (χ2v) is 9.49. The Morgan fingerprint density at radius 2 is 1.89 bits per heavy atom. The van der Waals surface area contributed by atoms with Gasteiger partial charge < -0.3 is 25.3 Å². The number of carboxylic acids is 1. The maximum atomic E-state index is 13.6. The third-order valence-corrected chi connectivity index (χ3v) is 7.33. The van der Waals surface area contributed by atoms with E-state index in [1.165, 1.54) is 24.4 Å². The van der Waals surface area contributed by atoms with Crippen molar-refractivity contribution in [3.63, 3.8) is 0 Å². The summed E-state index contributed by atoms with van der Waals surface area (Å²) in [6.07, 6.45) is 5.50. The number of carboxylic acid groups (broad SMARTS) is 1. The number of rotatable bonds is 7. The number of ketones is 1. The number of aliphatic hydroxyl groups is 1. The molecule has 0 unspecified atom stereocenters. The lowest BCUT2D eigenvalue weighted by Crippen LogP contribution is -1.98. The summed E-state index contributed by atoms with van der Waals surface area (Å²) in [6, 6.07) is 9.53. The van der Waals surface area contributed by atoms with Crippen molar-refractivity contribution >= 4 is 44.9 Å². The Morgan fingerprint density at radius 3 is 2.64 bits per heavy atom. The molecule has 0 aliphatic heterocycles. The number of aromatic hydroxyl groups is 1. The number of aromatic amines is 2. The van der Waals surface area contributed by atoms with Crippen LogP contribution in [0.3, 0.4) is 0 Å². The molecule has 36 heavy (non-hydrogen) atoms. The number of halogens is 1. The van der Waals surface area contributed by atoms with Gasteiger partial charge in [0.05, 0.1) is 12.2 Å². The molecule has 0 spiro atoms. The van der Waals surface area contributed by atoms with E-state index in [-0.39, 0.29) is 21.9 Å². The van der Waals surface area contributed by atoms with Gasteiger partial charge in [-0.3, -0.25) is 4.79 Å². The zero-order chi connectivity index (χ0) is 25.6. The van der Waals surface area contributed by atoms with E-state index in [4.69, 9.17) is 0 Å². The number of fused-ring (bicyclic) bond motifs is 2. The Labute approximate surface area is 208 Å². The zero-order valence-electron chi connectivity index (χ0n) is 19.1. The fourth-order valence-electron chi connectivity index (χ4n) is 4.33. The number of hydrogen-bond donors (Lipinski definition) is 5. The van der Waals surface area contributed by atoms with E-state index in [9.17, 15) is 29.3 Å². The first kappa shape index (κ1) is 23.5. The van der Waals surface area contributed by atoms with Gasteiger partial charge in [0.1, 0.15) is 21.3 Å². The van der Waals surface area contributed by atoms with E-state index >= 15 is 0 Å². The summed E-state index contributed by atoms with van der Waals surface area (Å²) >= 11 is 0.702. The summed E-state index contributed by atoms with van der Waals surface area (Å²) in [5.41, 5.74) is 3.61. The van der Waals surface area contributed by atoms with Crippen LogP contribution in [0, 0.1) is 5.82 Å². The number of benzene rings is 2. The number of aromatic nitrogens is 2. The molecule has 0 radical (unpaired) electrons. The van der Waals surface area contributed by atoms with E-state index in [2.05, 4.69) is 9.97 Å². The summed E-state index contributed by atoms with van der Waals surface area (Å²) < 4.78 is 13.6. The van der Waals surface area contributed by atoms with Crippen LogP contribution >= 0.6 is 11.3 Å². The molecule has 2 aromatic carbocycles. The molecule has 0 fully saturated rings. The second-order valence-electron chi connectivity index (χ2n) is 8.47. The number of para-hydroxylation sites is 1. The number of hydrogen-bond acceptors (Lipinski definition) is 5. The van der Waals surface area contributed by atoms with Crippen molar-refractivity contribution < 1.29 is 29.3 Å². The van der Waals surface area contributed by atoms with Gasteiger partial charge in [0.2, 0.25) is 5.78 Å². The molecular weight excluding hydrogens is 483 g/mol. The van der Waals surface area contributed by atoms with Gasteiger partial charge in [-0.1, -0.05) is 29.8 Å². The smallest absolute Gasteiger partial charge is 0.346 e. The number of aromatic carboxylic acids is 1. The first-order valence-electron chi connectivity index (χ1n) is 11.1. The van der Waals surface area contributed by atoms with E-state index < -0.39 is 23.3 Å². The van der Waals surface area contributed by atoms with Gasteiger partial charge in [0.25, 0.3) is 0 Å². The van der Waals surface area contributed by atoms with E-state index in [1.54, 1.807) is 12.3 Å². The Bertz CT molecular complexity index is 1690. The minimum Gasteiger partial charge on any atom is -0.506 e. The summed E-state index contributed by atoms with van der Waals surface area (Å²) in [5.74, 6) is -2.68. The summed E-state index contributed by atoms with van der Waals surface area (Å²) in [7, 11) is 0. The van der Waals surface area contributed by atoms with Crippen LogP contribution in [-0.2, 0) is 6.42 Å². The average Bonchev–Trinajstić information content (AvgIpc) is 3.56. The van der Waals surface area contributed by atoms with Crippen molar-refractivity contribution in [2.24, 2.45) is 0 Å². The van der Waals surface area contributed by atoms with Crippen LogP contribution in [0.1, 0.15) is 37.4 Å². The van der Waals surface area contributed by atoms with Gasteiger partial charge in [-0.2, -0.15) is 0 Å². The lowest BCUT2D eigenvalue weighted by molar-refractivity contribution is 0.0702. The van der Waals surface area contributed by atoms with E-state index in [0.29, 0.717) is 45.2 Å². The number of H-pyrrole nitrogens is 2. The minimum atomic E-state index is -1.28. The summed E-state index contributed by atoms with van der Waals surface area (Å²) in [5, 5.41) is 31.4. The van der Waals surface area contributed by atoms with Gasteiger partial charge in [0, 0.05) is 45.3 Å². The average molecular weight is 505 g/mol. The quantitative estimate of drug-likeness (QED) is 0.145.